The van der Waals surface area contributed by atoms with Gasteiger partial charge in [0.1, 0.15) is 0 Å². The summed E-state index contributed by atoms with van der Waals surface area (Å²) in [4.78, 5) is 3.88. The lowest BCUT2D eigenvalue weighted by Crippen LogP contribution is -1.89. The van der Waals surface area contributed by atoms with Crippen molar-refractivity contribution in [2.45, 2.75) is 12.8 Å². The Morgan fingerprint density at radius 3 is 2.73 bits per heavy atom. The van der Waals surface area contributed by atoms with Crippen LogP contribution in [0.1, 0.15) is 12.8 Å². The fourth-order valence-corrected chi connectivity index (χ4v) is 0.626. The average Bonchev–Trinajstić information content (AvgIpc) is 2.03. The summed E-state index contributed by atoms with van der Waals surface area (Å²) in [6, 6.07) is 0. The number of unbranched alkanes of at least 4 members (excludes halogenated alkanes) is 1. The van der Waals surface area contributed by atoms with Crippen molar-refractivity contribution in [2.75, 3.05) is 14.1 Å². The van der Waals surface area contributed by atoms with Gasteiger partial charge in [-0.05, 0) is 31.3 Å². The minimum absolute atomic E-state index is 1.03. The summed E-state index contributed by atoms with van der Waals surface area (Å²) in [5.41, 5.74) is 0. The first-order valence-electron chi connectivity index (χ1n) is 3.81. The van der Waals surface area contributed by atoms with Gasteiger partial charge in [0.2, 0.25) is 0 Å². The monoisotopic (exact) mass is 152 g/mol. The molecule has 0 radical (unpaired) electrons. The van der Waals surface area contributed by atoms with Crippen LogP contribution in [-0.2, 0) is 0 Å². The Labute approximate surface area is 68.7 Å². The van der Waals surface area contributed by atoms with Crippen LogP contribution >= 0.6 is 0 Å². The lowest BCUT2D eigenvalue weighted by Gasteiger charge is -1.83. The van der Waals surface area contributed by atoms with Crippen LogP contribution in [0.25, 0.3) is 0 Å². The highest BCUT2D eigenvalue weighted by Crippen LogP contribution is 1.87. The molecule has 0 saturated heterocycles. The Bertz CT molecular complexity index is 146. The smallest absolute Gasteiger partial charge is 0.0273 e. The molecule has 0 aromatic carbocycles. The third kappa shape index (κ3) is 8.95. The van der Waals surface area contributed by atoms with Crippen molar-refractivity contribution in [3.8, 4) is 0 Å². The molecule has 0 saturated carbocycles. The van der Waals surface area contributed by atoms with E-state index in [9.17, 15) is 0 Å². The van der Waals surface area contributed by atoms with E-state index < -0.39 is 0 Å². The van der Waals surface area contributed by atoms with Crippen LogP contribution in [0.4, 0.5) is 0 Å². The Morgan fingerprint density at radius 1 is 1.27 bits per heavy atom. The van der Waals surface area contributed by atoms with Crippen LogP contribution in [0.5, 0.6) is 0 Å². The highest BCUT2D eigenvalue weighted by molar-refractivity contribution is 5.56. The maximum atomic E-state index is 3.88. The van der Waals surface area contributed by atoms with E-state index in [2.05, 4.69) is 16.4 Å². The van der Waals surface area contributed by atoms with Crippen LogP contribution in [-0.4, -0.2) is 20.3 Å². The van der Waals surface area contributed by atoms with E-state index >= 15 is 0 Å². The summed E-state index contributed by atoms with van der Waals surface area (Å²) in [5, 5.41) is 2.91. The first-order chi connectivity index (χ1) is 5.41. The highest BCUT2D eigenvalue weighted by Gasteiger charge is 1.73. The molecule has 0 aromatic heterocycles. The third-order valence-electron chi connectivity index (χ3n) is 1.16. The average molecular weight is 152 g/mol. The lowest BCUT2D eigenvalue weighted by atomic mass is 10.3. The van der Waals surface area contributed by atoms with E-state index in [1.807, 2.05) is 31.6 Å². The second kappa shape index (κ2) is 8.95. The van der Waals surface area contributed by atoms with Crippen molar-refractivity contribution in [1.29, 1.82) is 0 Å². The minimum atomic E-state index is 1.03. The zero-order valence-corrected chi connectivity index (χ0v) is 7.25. The number of aliphatic imine (C=N–C) groups is 1. The molecule has 0 spiro atoms. The zero-order valence-electron chi connectivity index (χ0n) is 7.25. The van der Waals surface area contributed by atoms with Gasteiger partial charge >= 0.3 is 0 Å². The van der Waals surface area contributed by atoms with E-state index in [0.717, 1.165) is 12.8 Å². The number of nitrogens with zero attached hydrogens (tertiary/aromatic N) is 1. The molecule has 0 bridgehead atoms. The van der Waals surface area contributed by atoms with E-state index in [4.69, 9.17) is 0 Å². The molecule has 2 nitrogen and oxygen atoms in total. The van der Waals surface area contributed by atoms with Gasteiger partial charge < -0.3 is 10.3 Å². The first kappa shape index (κ1) is 9.95. The van der Waals surface area contributed by atoms with E-state index in [0.29, 0.717) is 0 Å². The molecule has 0 fully saturated rings. The van der Waals surface area contributed by atoms with E-state index in [1.54, 1.807) is 7.05 Å². The fraction of sp³-hybridized carbons (Fsp3) is 0.444. The van der Waals surface area contributed by atoms with Crippen LogP contribution < -0.4 is 5.32 Å². The van der Waals surface area contributed by atoms with E-state index in [-0.39, 0.29) is 0 Å². The molecule has 0 rings (SSSR count). The van der Waals surface area contributed by atoms with Crippen molar-refractivity contribution < 1.29 is 0 Å². The summed E-state index contributed by atoms with van der Waals surface area (Å²) in [6.45, 7) is 0. The fourth-order valence-electron chi connectivity index (χ4n) is 0.626. The zero-order chi connectivity index (χ0) is 8.36. The number of nitrogens with one attached hydrogen (secondary N) is 1. The van der Waals surface area contributed by atoms with Gasteiger partial charge in [-0.1, -0.05) is 12.2 Å². The predicted molar refractivity (Wildman–Crippen MR) is 51.0 cm³/mol. The van der Waals surface area contributed by atoms with Gasteiger partial charge in [0.25, 0.3) is 0 Å². The number of rotatable bonds is 5. The van der Waals surface area contributed by atoms with Crippen molar-refractivity contribution in [1.82, 2.24) is 5.32 Å². The van der Waals surface area contributed by atoms with Crippen molar-refractivity contribution in [3.05, 3.63) is 24.4 Å². The Balaban J connectivity index is 3.23. The highest BCUT2D eigenvalue weighted by atomic mass is 14.8. The maximum absolute atomic E-state index is 3.88. The Kier molecular flexibility index (Phi) is 8.10. The predicted octanol–water partition coefficient (Wildman–Crippen LogP) is 1.76. The second-order valence-electron chi connectivity index (χ2n) is 2.09. The first-order valence-corrected chi connectivity index (χ1v) is 3.81. The lowest BCUT2D eigenvalue weighted by molar-refractivity contribution is 1.10. The topological polar surface area (TPSA) is 24.4 Å². The van der Waals surface area contributed by atoms with Crippen LogP contribution in [0.2, 0.25) is 0 Å². The standard InChI is InChI=1S/C9H16N2/c1-10-8-6-4-3-5-7-9-11-2/h3-4,6,8-10H,5,7H2,1-2H3. The molecule has 62 valence electrons. The summed E-state index contributed by atoms with van der Waals surface area (Å²) in [6.07, 6.45) is 12.0. The molecule has 2 heteroatoms. The van der Waals surface area contributed by atoms with Crippen molar-refractivity contribution in [2.24, 2.45) is 4.99 Å². The van der Waals surface area contributed by atoms with E-state index in [1.165, 1.54) is 0 Å². The van der Waals surface area contributed by atoms with Crippen LogP contribution in [0.15, 0.2) is 29.4 Å². The third-order valence-corrected chi connectivity index (χ3v) is 1.16. The number of hydrogen-bond acceptors (Lipinski definition) is 2. The molecule has 0 atom stereocenters. The normalized spacial score (nSPS) is 12.2. The molecule has 0 aliphatic carbocycles. The summed E-state index contributed by atoms with van der Waals surface area (Å²) < 4.78 is 0. The summed E-state index contributed by atoms with van der Waals surface area (Å²) in [7, 11) is 3.68. The molecule has 0 heterocycles. The molecular weight excluding hydrogens is 136 g/mol. The second-order valence-corrected chi connectivity index (χ2v) is 2.09. The molecule has 0 unspecified atom stereocenters. The molecule has 0 aliphatic rings. The van der Waals surface area contributed by atoms with Gasteiger partial charge in [0.15, 0.2) is 0 Å². The minimum Gasteiger partial charge on any atom is -0.394 e. The molecule has 11 heavy (non-hydrogen) atoms. The Morgan fingerprint density at radius 2 is 2.09 bits per heavy atom. The maximum Gasteiger partial charge on any atom is 0.0273 e. The van der Waals surface area contributed by atoms with Gasteiger partial charge in [0, 0.05) is 14.1 Å². The Hall–Kier alpha value is -1.05. The van der Waals surface area contributed by atoms with Gasteiger partial charge in [-0.2, -0.15) is 0 Å². The molecular formula is C9H16N2. The molecule has 0 aromatic rings. The number of allylic oxidation sites excluding steroid dienone is 3. The molecule has 0 amide bonds. The quantitative estimate of drug-likeness (QED) is 0.362. The summed E-state index contributed by atoms with van der Waals surface area (Å²) >= 11 is 0. The van der Waals surface area contributed by atoms with Gasteiger partial charge in [0.05, 0.1) is 0 Å². The van der Waals surface area contributed by atoms with Crippen molar-refractivity contribution in [3.63, 3.8) is 0 Å². The SMILES string of the molecule is CN=CCCC=CC=CNC. The van der Waals surface area contributed by atoms with Gasteiger partial charge in [-0.25, -0.2) is 0 Å². The van der Waals surface area contributed by atoms with Gasteiger partial charge in [-0.15, -0.1) is 0 Å². The molecule has 0 aliphatic heterocycles. The van der Waals surface area contributed by atoms with Gasteiger partial charge in [-0.3, -0.25) is 0 Å². The summed E-state index contributed by atoms with van der Waals surface area (Å²) in [5.74, 6) is 0. The molecule has 1 N–H and O–H groups in total. The number of hydrogen-bond donors (Lipinski definition) is 1. The van der Waals surface area contributed by atoms with Crippen LogP contribution in [0, 0.1) is 0 Å². The largest absolute Gasteiger partial charge is 0.394 e. The van der Waals surface area contributed by atoms with Crippen LogP contribution in [0.3, 0.4) is 0 Å². The van der Waals surface area contributed by atoms with Crippen molar-refractivity contribution >= 4 is 6.21 Å².